The summed E-state index contributed by atoms with van der Waals surface area (Å²) in [6.45, 7) is 14.6. The van der Waals surface area contributed by atoms with Crippen LogP contribution in [0.2, 0.25) is 0 Å². The van der Waals surface area contributed by atoms with Gasteiger partial charge in [-0.05, 0) is 64.8 Å². The second kappa shape index (κ2) is 12.4. The Morgan fingerprint density at radius 1 is 1.00 bits per heavy atom. The van der Waals surface area contributed by atoms with Gasteiger partial charge in [-0.15, -0.1) is 6.58 Å². The fourth-order valence-electron chi connectivity index (χ4n) is 3.73. The molecule has 0 aliphatic rings. The zero-order chi connectivity index (χ0) is 27.8. The first kappa shape index (κ1) is 29.4. The van der Waals surface area contributed by atoms with Gasteiger partial charge in [-0.2, -0.15) is 0 Å². The van der Waals surface area contributed by atoms with Gasteiger partial charge in [-0.1, -0.05) is 48.5 Å². The topological polar surface area (TPSA) is 108 Å². The molecule has 8 nitrogen and oxygen atoms in total. The maximum atomic E-state index is 14.1. The molecule has 3 N–H and O–H groups in total. The summed E-state index contributed by atoms with van der Waals surface area (Å²) in [5.41, 5.74) is 0.0148. The van der Waals surface area contributed by atoms with Crippen molar-refractivity contribution in [2.24, 2.45) is 0 Å². The number of nitrogens with zero attached hydrogens (tertiary/aromatic N) is 1. The third-order valence-electron chi connectivity index (χ3n) is 5.15. The van der Waals surface area contributed by atoms with Crippen LogP contribution in [0, 0.1) is 0 Å². The average molecular weight is 510 g/mol. The predicted octanol–water partition coefficient (Wildman–Crippen LogP) is 4.50. The van der Waals surface area contributed by atoms with Gasteiger partial charge in [0.05, 0.1) is 0 Å². The van der Waals surface area contributed by atoms with Crippen molar-refractivity contribution in [3.8, 4) is 5.75 Å². The van der Waals surface area contributed by atoms with Crippen LogP contribution < -0.4 is 10.6 Å². The first-order chi connectivity index (χ1) is 17.2. The average Bonchev–Trinajstić information content (AvgIpc) is 2.77. The molecule has 37 heavy (non-hydrogen) atoms. The monoisotopic (exact) mass is 509 g/mol. The van der Waals surface area contributed by atoms with E-state index in [-0.39, 0.29) is 18.7 Å². The van der Waals surface area contributed by atoms with Crippen molar-refractivity contribution in [1.29, 1.82) is 0 Å². The molecule has 0 heterocycles. The lowest BCUT2D eigenvalue weighted by Crippen LogP contribution is -2.55. The van der Waals surface area contributed by atoms with Gasteiger partial charge in [-0.25, -0.2) is 4.79 Å². The summed E-state index contributed by atoms with van der Waals surface area (Å²) in [5, 5.41) is 15.5. The smallest absolute Gasteiger partial charge is 0.408 e. The molecule has 0 spiro atoms. The molecule has 0 saturated carbocycles. The summed E-state index contributed by atoms with van der Waals surface area (Å²) < 4.78 is 5.42. The third-order valence-corrected chi connectivity index (χ3v) is 5.15. The van der Waals surface area contributed by atoms with Crippen molar-refractivity contribution in [2.45, 2.75) is 71.2 Å². The molecule has 0 aliphatic carbocycles. The minimum absolute atomic E-state index is 0.0360. The molecule has 2 rings (SSSR count). The minimum atomic E-state index is -1.04. The van der Waals surface area contributed by atoms with Crippen LogP contribution in [0.1, 0.15) is 58.7 Å². The highest BCUT2D eigenvalue weighted by Gasteiger charge is 2.37. The van der Waals surface area contributed by atoms with E-state index in [4.69, 9.17) is 4.74 Å². The number of hydrogen-bond donors (Lipinski definition) is 3. The Morgan fingerprint density at radius 3 is 2.11 bits per heavy atom. The van der Waals surface area contributed by atoms with Crippen molar-refractivity contribution in [3.63, 3.8) is 0 Å². The van der Waals surface area contributed by atoms with Crippen molar-refractivity contribution in [1.82, 2.24) is 15.5 Å². The van der Waals surface area contributed by atoms with E-state index in [0.29, 0.717) is 5.56 Å². The number of benzene rings is 2. The first-order valence-corrected chi connectivity index (χ1v) is 12.3. The molecular formula is C29H39N3O5. The van der Waals surface area contributed by atoms with E-state index in [1.807, 2.05) is 51.1 Å². The van der Waals surface area contributed by atoms with Gasteiger partial charge in [0, 0.05) is 18.5 Å². The number of carbonyl (C=O) groups excluding carboxylic acids is 3. The summed E-state index contributed by atoms with van der Waals surface area (Å²) in [5.74, 6) is -0.838. The molecule has 200 valence electrons. The summed E-state index contributed by atoms with van der Waals surface area (Å²) >= 11 is 0. The summed E-state index contributed by atoms with van der Waals surface area (Å²) in [7, 11) is 0. The number of nitrogens with one attached hydrogen (secondary N) is 2. The fraction of sp³-hybridized carbons (Fsp3) is 0.414. The van der Waals surface area contributed by atoms with Crippen LogP contribution in [-0.4, -0.2) is 51.6 Å². The molecular weight excluding hydrogens is 470 g/mol. The molecule has 2 aromatic rings. The minimum Gasteiger partial charge on any atom is -0.508 e. The molecule has 0 aliphatic heterocycles. The maximum absolute atomic E-state index is 14.1. The largest absolute Gasteiger partial charge is 0.508 e. The number of rotatable bonds is 9. The van der Waals surface area contributed by atoms with E-state index in [9.17, 15) is 19.5 Å². The maximum Gasteiger partial charge on any atom is 0.408 e. The van der Waals surface area contributed by atoms with Crippen molar-refractivity contribution >= 4 is 17.9 Å². The molecule has 3 amide bonds. The van der Waals surface area contributed by atoms with Crippen molar-refractivity contribution in [3.05, 3.63) is 78.4 Å². The molecule has 0 saturated heterocycles. The lowest BCUT2D eigenvalue weighted by molar-refractivity contribution is -0.142. The van der Waals surface area contributed by atoms with E-state index >= 15 is 0 Å². The summed E-state index contributed by atoms with van der Waals surface area (Å²) in [6, 6.07) is 13.3. The molecule has 2 aromatic carbocycles. The Hall–Kier alpha value is -3.81. The standard InChI is InChI=1S/C29H39N3O5/c1-8-18-32(24(25(34)31-28(2,3)4)21-14-16-22(33)17-15-21)26(35)23(19-20-12-10-9-11-13-20)30-27(36)37-29(5,6)7/h8-17,23-24,33H,1,18-19H2,2-7H3,(H,30,36)(H,31,34). The van der Waals surface area contributed by atoms with Gasteiger partial charge in [0.25, 0.3) is 0 Å². The molecule has 2 atom stereocenters. The molecule has 8 heteroatoms. The highest BCUT2D eigenvalue weighted by atomic mass is 16.6. The van der Waals surface area contributed by atoms with Crippen molar-refractivity contribution < 1.29 is 24.2 Å². The summed E-state index contributed by atoms with van der Waals surface area (Å²) in [6.07, 6.45) is 0.985. The third kappa shape index (κ3) is 9.63. The van der Waals surface area contributed by atoms with Crippen LogP contribution in [0.15, 0.2) is 67.3 Å². The quantitative estimate of drug-likeness (QED) is 0.432. The molecule has 0 aromatic heterocycles. The number of aromatic hydroxyl groups is 1. The van der Waals surface area contributed by atoms with Gasteiger partial charge < -0.3 is 25.4 Å². The van der Waals surface area contributed by atoms with Gasteiger partial charge in [0.2, 0.25) is 11.8 Å². The number of hydrogen-bond acceptors (Lipinski definition) is 5. The van der Waals surface area contributed by atoms with E-state index in [1.165, 1.54) is 23.1 Å². The second-order valence-corrected chi connectivity index (χ2v) is 10.9. The lowest BCUT2D eigenvalue weighted by atomic mass is 9.99. The SMILES string of the molecule is C=CCN(C(=O)C(Cc1ccccc1)NC(=O)OC(C)(C)C)C(C(=O)NC(C)(C)C)c1ccc(O)cc1. The van der Waals surface area contributed by atoms with E-state index < -0.39 is 41.1 Å². The van der Waals surface area contributed by atoms with Crippen LogP contribution in [0.5, 0.6) is 5.75 Å². The normalized spacial score (nSPS) is 13.1. The number of phenolic OH excluding ortho intramolecular Hbond substituents is 1. The van der Waals surface area contributed by atoms with Crippen LogP contribution in [0.3, 0.4) is 0 Å². The van der Waals surface area contributed by atoms with E-state index in [1.54, 1.807) is 32.9 Å². The Balaban J connectivity index is 2.52. The van der Waals surface area contributed by atoms with Gasteiger partial charge in [0.1, 0.15) is 23.4 Å². The number of amides is 3. The van der Waals surface area contributed by atoms with E-state index in [2.05, 4.69) is 17.2 Å². The van der Waals surface area contributed by atoms with Gasteiger partial charge in [-0.3, -0.25) is 9.59 Å². The van der Waals surface area contributed by atoms with Crippen LogP contribution in [-0.2, 0) is 20.7 Å². The number of carbonyl (C=O) groups is 3. The van der Waals surface area contributed by atoms with Gasteiger partial charge in [0.15, 0.2) is 0 Å². The zero-order valence-electron chi connectivity index (χ0n) is 22.6. The lowest BCUT2D eigenvalue weighted by Gasteiger charge is -2.35. The fourth-order valence-corrected chi connectivity index (χ4v) is 3.73. The van der Waals surface area contributed by atoms with Gasteiger partial charge >= 0.3 is 6.09 Å². The van der Waals surface area contributed by atoms with Crippen molar-refractivity contribution in [2.75, 3.05) is 6.54 Å². The highest BCUT2D eigenvalue weighted by molar-refractivity contribution is 5.92. The van der Waals surface area contributed by atoms with Crippen LogP contribution >= 0.6 is 0 Å². The molecule has 0 fully saturated rings. The molecule has 2 unspecified atom stereocenters. The predicted molar refractivity (Wildman–Crippen MR) is 144 cm³/mol. The summed E-state index contributed by atoms with van der Waals surface area (Å²) in [4.78, 5) is 41.7. The van der Waals surface area contributed by atoms with E-state index in [0.717, 1.165) is 5.56 Å². The molecule has 0 bridgehead atoms. The Labute approximate surface area is 219 Å². The Kier molecular flexibility index (Phi) is 9.88. The first-order valence-electron chi connectivity index (χ1n) is 12.3. The Bertz CT molecular complexity index is 1070. The number of phenols is 1. The van der Waals surface area contributed by atoms with Crippen LogP contribution in [0.25, 0.3) is 0 Å². The molecule has 0 radical (unpaired) electrons. The second-order valence-electron chi connectivity index (χ2n) is 10.9. The van der Waals surface area contributed by atoms with Crippen LogP contribution in [0.4, 0.5) is 4.79 Å². The Morgan fingerprint density at radius 2 is 1.59 bits per heavy atom. The number of ether oxygens (including phenoxy) is 1. The zero-order valence-corrected chi connectivity index (χ0v) is 22.6. The highest BCUT2D eigenvalue weighted by Crippen LogP contribution is 2.26. The number of alkyl carbamates (subject to hydrolysis) is 1.